The van der Waals surface area contributed by atoms with Gasteiger partial charge >= 0.3 is 5.97 Å². The molecule has 2 heteroatoms. The third-order valence-electron chi connectivity index (χ3n) is 3.16. The van der Waals surface area contributed by atoms with Crippen LogP contribution in [0.5, 0.6) is 0 Å². The van der Waals surface area contributed by atoms with Gasteiger partial charge in [-0.3, -0.25) is 4.79 Å². The van der Waals surface area contributed by atoms with Crippen LogP contribution in [0.3, 0.4) is 0 Å². The van der Waals surface area contributed by atoms with Gasteiger partial charge in [-0.05, 0) is 37.2 Å². The summed E-state index contributed by atoms with van der Waals surface area (Å²) in [6, 6.07) is 8.12. The summed E-state index contributed by atoms with van der Waals surface area (Å²) in [5.41, 5.74) is 2.50. The minimum atomic E-state index is -0.680. The fourth-order valence-corrected chi connectivity index (χ4v) is 2.04. The summed E-state index contributed by atoms with van der Waals surface area (Å²) in [6.45, 7) is 8.49. The number of hydrogen-bond acceptors (Lipinski definition) is 1. The molecule has 0 saturated heterocycles. The van der Waals surface area contributed by atoms with Crippen molar-refractivity contribution in [2.75, 3.05) is 0 Å². The van der Waals surface area contributed by atoms with Gasteiger partial charge in [0.05, 0.1) is 5.92 Å². The molecule has 0 aromatic heterocycles. The van der Waals surface area contributed by atoms with Gasteiger partial charge in [-0.15, -0.1) is 0 Å². The lowest BCUT2D eigenvalue weighted by atomic mass is 9.84. The van der Waals surface area contributed by atoms with E-state index in [1.165, 1.54) is 5.56 Å². The summed E-state index contributed by atoms with van der Waals surface area (Å²) in [5, 5.41) is 9.30. The van der Waals surface area contributed by atoms with Crippen molar-refractivity contribution in [2.24, 2.45) is 11.3 Å². The van der Waals surface area contributed by atoms with Gasteiger partial charge in [-0.1, -0.05) is 50.6 Å². The van der Waals surface area contributed by atoms with Crippen molar-refractivity contribution in [2.45, 2.75) is 47.0 Å². The molecule has 18 heavy (non-hydrogen) atoms. The molecule has 2 nitrogen and oxygen atoms in total. The van der Waals surface area contributed by atoms with E-state index in [4.69, 9.17) is 0 Å². The van der Waals surface area contributed by atoms with E-state index < -0.39 is 5.97 Å². The standard InChI is InChI=1S/C16H24O2/c1-12-6-5-7-13(10-12)11-14(15(17)18)8-9-16(2,3)4/h5-7,10,14H,8-9,11H2,1-4H3,(H,17,18). The molecule has 0 amide bonds. The van der Waals surface area contributed by atoms with Gasteiger partial charge in [0.25, 0.3) is 0 Å². The fourth-order valence-electron chi connectivity index (χ4n) is 2.04. The van der Waals surface area contributed by atoms with Crippen LogP contribution in [0.2, 0.25) is 0 Å². The predicted octanol–water partition coefficient (Wildman–Crippen LogP) is 4.06. The highest BCUT2D eigenvalue weighted by Crippen LogP contribution is 2.25. The molecule has 0 bridgehead atoms. The Morgan fingerprint density at radius 3 is 2.50 bits per heavy atom. The van der Waals surface area contributed by atoms with Gasteiger partial charge in [0, 0.05) is 0 Å². The number of carbonyl (C=O) groups is 1. The maximum Gasteiger partial charge on any atom is 0.306 e. The van der Waals surface area contributed by atoms with Crippen molar-refractivity contribution in [1.82, 2.24) is 0 Å². The van der Waals surface area contributed by atoms with Gasteiger partial charge in [0.15, 0.2) is 0 Å². The van der Waals surface area contributed by atoms with Crippen molar-refractivity contribution in [3.8, 4) is 0 Å². The summed E-state index contributed by atoms with van der Waals surface area (Å²) >= 11 is 0. The van der Waals surface area contributed by atoms with Crippen LogP contribution >= 0.6 is 0 Å². The highest BCUT2D eigenvalue weighted by atomic mass is 16.4. The SMILES string of the molecule is Cc1cccc(CC(CCC(C)(C)C)C(=O)O)c1. The van der Waals surface area contributed by atoms with Crippen LogP contribution in [0.4, 0.5) is 0 Å². The molecule has 100 valence electrons. The third-order valence-corrected chi connectivity index (χ3v) is 3.16. The molecular formula is C16H24O2. The van der Waals surface area contributed by atoms with Gasteiger partial charge in [0.2, 0.25) is 0 Å². The van der Waals surface area contributed by atoms with E-state index in [-0.39, 0.29) is 11.3 Å². The van der Waals surface area contributed by atoms with E-state index in [2.05, 4.69) is 26.8 Å². The zero-order valence-corrected chi connectivity index (χ0v) is 11.9. The summed E-state index contributed by atoms with van der Waals surface area (Å²) in [5.74, 6) is -0.952. The number of aryl methyl sites for hydroxylation is 1. The third kappa shape index (κ3) is 5.35. The van der Waals surface area contributed by atoms with Crippen molar-refractivity contribution in [3.05, 3.63) is 35.4 Å². The van der Waals surface area contributed by atoms with Crippen molar-refractivity contribution in [3.63, 3.8) is 0 Å². The Bertz CT molecular complexity index is 402. The molecule has 0 spiro atoms. The molecule has 0 saturated carbocycles. The number of carboxylic acid groups (broad SMARTS) is 1. The predicted molar refractivity (Wildman–Crippen MR) is 74.7 cm³/mol. The van der Waals surface area contributed by atoms with Gasteiger partial charge in [-0.25, -0.2) is 0 Å². The molecular weight excluding hydrogens is 224 g/mol. The Labute approximate surface area is 110 Å². The lowest BCUT2D eigenvalue weighted by Gasteiger charge is -2.21. The Balaban J connectivity index is 2.66. The molecule has 0 heterocycles. The van der Waals surface area contributed by atoms with Crippen LogP contribution in [0.25, 0.3) is 0 Å². The van der Waals surface area contributed by atoms with E-state index >= 15 is 0 Å². The summed E-state index contributed by atoms with van der Waals surface area (Å²) in [6.07, 6.45) is 2.32. The zero-order valence-electron chi connectivity index (χ0n) is 11.9. The van der Waals surface area contributed by atoms with Gasteiger partial charge in [-0.2, -0.15) is 0 Å². The molecule has 1 N–H and O–H groups in total. The first-order valence-corrected chi connectivity index (χ1v) is 6.56. The fraction of sp³-hybridized carbons (Fsp3) is 0.562. The summed E-state index contributed by atoms with van der Waals surface area (Å²) in [4.78, 5) is 11.3. The first kappa shape index (κ1) is 14.7. The van der Waals surface area contributed by atoms with Crippen LogP contribution in [0, 0.1) is 18.3 Å². The van der Waals surface area contributed by atoms with E-state index in [1.54, 1.807) is 0 Å². The second kappa shape index (κ2) is 6.03. The first-order valence-electron chi connectivity index (χ1n) is 6.56. The summed E-state index contributed by atoms with van der Waals surface area (Å²) in [7, 11) is 0. The van der Waals surface area contributed by atoms with Crippen molar-refractivity contribution in [1.29, 1.82) is 0 Å². The van der Waals surface area contributed by atoms with Crippen LogP contribution in [-0.2, 0) is 11.2 Å². The first-order chi connectivity index (χ1) is 8.28. The van der Waals surface area contributed by atoms with Crippen LogP contribution in [0.15, 0.2) is 24.3 Å². The number of rotatable bonds is 5. The second-order valence-electron chi connectivity index (χ2n) is 6.33. The molecule has 1 aromatic carbocycles. The maximum absolute atomic E-state index is 11.3. The highest BCUT2D eigenvalue weighted by Gasteiger charge is 2.21. The van der Waals surface area contributed by atoms with Crippen molar-refractivity contribution < 1.29 is 9.90 Å². The highest BCUT2D eigenvalue weighted by molar-refractivity contribution is 5.70. The molecule has 1 atom stereocenters. The minimum Gasteiger partial charge on any atom is -0.481 e. The van der Waals surface area contributed by atoms with E-state index in [0.29, 0.717) is 6.42 Å². The molecule has 1 rings (SSSR count). The Morgan fingerprint density at radius 1 is 1.33 bits per heavy atom. The Kier molecular flexibility index (Phi) is 4.94. The average molecular weight is 248 g/mol. The molecule has 0 aliphatic carbocycles. The Morgan fingerprint density at radius 2 is 2.00 bits per heavy atom. The monoisotopic (exact) mass is 248 g/mol. The number of aliphatic carboxylic acids is 1. The molecule has 1 unspecified atom stereocenters. The van der Waals surface area contributed by atoms with Gasteiger partial charge < -0.3 is 5.11 Å². The lowest BCUT2D eigenvalue weighted by molar-refractivity contribution is -0.142. The van der Waals surface area contributed by atoms with E-state index in [0.717, 1.165) is 18.4 Å². The lowest BCUT2D eigenvalue weighted by Crippen LogP contribution is -2.19. The maximum atomic E-state index is 11.3. The van der Waals surface area contributed by atoms with Crippen LogP contribution in [-0.4, -0.2) is 11.1 Å². The average Bonchev–Trinajstić information content (AvgIpc) is 2.22. The number of carboxylic acids is 1. The van der Waals surface area contributed by atoms with Crippen molar-refractivity contribution >= 4 is 5.97 Å². The van der Waals surface area contributed by atoms with Gasteiger partial charge in [0.1, 0.15) is 0 Å². The minimum absolute atomic E-state index is 0.195. The van der Waals surface area contributed by atoms with Crippen LogP contribution < -0.4 is 0 Å². The molecule has 0 fully saturated rings. The Hall–Kier alpha value is -1.31. The topological polar surface area (TPSA) is 37.3 Å². The molecule has 0 radical (unpaired) electrons. The summed E-state index contributed by atoms with van der Waals surface area (Å²) < 4.78 is 0. The number of hydrogen-bond donors (Lipinski definition) is 1. The largest absolute Gasteiger partial charge is 0.481 e. The zero-order chi connectivity index (χ0) is 13.8. The van der Waals surface area contributed by atoms with E-state index in [1.807, 2.05) is 25.1 Å². The molecule has 0 aliphatic rings. The smallest absolute Gasteiger partial charge is 0.306 e. The number of benzene rings is 1. The second-order valence-corrected chi connectivity index (χ2v) is 6.33. The normalized spacial score (nSPS) is 13.3. The quantitative estimate of drug-likeness (QED) is 0.853. The van der Waals surface area contributed by atoms with E-state index in [9.17, 15) is 9.90 Å². The van der Waals surface area contributed by atoms with Crippen LogP contribution in [0.1, 0.15) is 44.7 Å². The molecule has 0 aliphatic heterocycles. The molecule has 1 aromatic rings.